The lowest BCUT2D eigenvalue weighted by Crippen LogP contribution is -2.14. The third-order valence-corrected chi connectivity index (χ3v) is 5.19. The van der Waals surface area contributed by atoms with E-state index in [4.69, 9.17) is 14.5 Å². The first kappa shape index (κ1) is 13.9. The highest BCUT2D eigenvalue weighted by molar-refractivity contribution is 5.80. The van der Waals surface area contributed by atoms with Crippen molar-refractivity contribution in [1.29, 1.82) is 0 Å². The maximum Gasteiger partial charge on any atom is 0.231 e. The lowest BCUT2D eigenvalue weighted by molar-refractivity contribution is 0.174. The number of hydrogen-bond donors (Lipinski definition) is 1. The largest absolute Gasteiger partial charge is 0.454 e. The number of H-pyrrole nitrogens is 1. The maximum atomic E-state index is 5.44. The minimum Gasteiger partial charge on any atom is -0.454 e. The summed E-state index contributed by atoms with van der Waals surface area (Å²) in [6, 6.07) is 4.01. The molecule has 1 aromatic carbocycles. The molecular weight excluding hydrogens is 276 g/mol. The monoisotopic (exact) mass is 300 g/mol. The van der Waals surface area contributed by atoms with E-state index < -0.39 is 0 Å². The van der Waals surface area contributed by atoms with Gasteiger partial charge in [0.1, 0.15) is 5.82 Å². The van der Waals surface area contributed by atoms with Crippen molar-refractivity contribution in [1.82, 2.24) is 9.97 Å². The molecule has 22 heavy (non-hydrogen) atoms. The zero-order chi connectivity index (χ0) is 14.9. The van der Waals surface area contributed by atoms with E-state index in [0.29, 0.717) is 12.7 Å². The number of nitrogens with zero attached hydrogens (tertiary/aromatic N) is 1. The second-order valence-electron chi connectivity index (χ2n) is 6.70. The molecule has 4 heteroatoms. The summed E-state index contributed by atoms with van der Waals surface area (Å²) in [7, 11) is 0. The Kier molecular flexibility index (Phi) is 3.68. The molecule has 118 valence electrons. The molecule has 2 aromatic rings. The van der Waals surface area contributed by atoms with Gasteiger partial charge in [-0.3, -0.25) is 0 Å². The molecule has 1 N–H and O–H groups in total. The number of ether oxygens (including phenoxy) is 2. The van der Waals surface area contributed by atoms with Crippen LogP contribution in [0.15, 0.2) is 12.1 Å². The molecule has 1 fully saturated rings. The van der Waals surface area contributed by atoms with Crippen LogP contribution in [0.25, 0.3) is 11.0 Å². The van der Waals surface area contributed by atoms with E-state index in [1.165, 1.54) is 44.9 Å². The Morgan fingerprint density at radius 1 is 1.14 bits per heavy atom. The molecule has 0 saturated heterocycles. The fraction of sp³-hybridized carbons (Fsp3) is 0.611. The summed E-state index contributed by atoms with van der Waals surface area (Å²) in [6.07, 6.45) is 9.34. The van der Waals surface area contributed by atoms with Gasteiger partial charge >= 0.3 is 0 Å². The quantitative estimate of drug-likeness (QED) is 0.886. The predicted octanol–water partition coefficient (Wildman–Crippen LogP) is 4.76. The summed E-state index contributed by atoms with van der Waals surface area (Å²) in [5.74, 6) is 4.31. The van der Waals surface area contributed by atoms with Crippen LogP contribution < -0.4 is 9.47 Å². The summed E-state index contributed by atoms with van der Waals surface area (Å²) in [5.41, 5.74) is 2.06. The average Bonchev–Trinajstić information content (AvgIpc) is 3.16. The summed E-state index contributed by atoms with van der Waals surface area (Å²) in [4.78, 5) is 8.32. The molecule has 1 aromatic heterocycles. The Bertz CT molecular complexity index is 615. The van der Waals surface area contributed by atoms with Crippen LogP contribution in [0.2, 0.25) is 0 Å². The molecule has 0 spiro atoms. The number of rotatable bonds is 4. The fourth-order valence-corrected chi connectivity index (χ4v) is 3.83. The lowest BCUT2D eigenvalue weighted by Gasteiger charge is -2.27. The normalized spacial score (nSPS) is 24.0. The molecule has 0 atom stereocenters. The second kappa shape index (κ2) is 5.82. The van der Waals surface area contributed by atoms with Crippen LogP contribution in [0.1, 0.15) is 63.6 Å². The Balaban J connectivity index is 1.48. The minimum absolute atomic E-state index is 0.316. The first-order valence-corrected chi connectivity index (χ1v) is 8.62. The van der Waals surface area contributed by atoms with Crippen molar-refractivity contribution in [2.45, 2.75) is 57.8 Å². The van der Waals surface area contributed by atoms with Crippen LogP contribution in [-0.2, 0) is 0 Å². The zero-order valence-electron chi connectivity index (χ0n) is 13.2. The average molecular weight is 300 g/mol. The molecule has 2 heterocycles. The highest BCUT2D eigenvalue weighted by Crippen LogP contribution is 2.39. The summed E-state index contributed by atoms with van der Waals surface area (Å²) in [5, 5.41) is 0. The summed E-state index contributed by atoms with van der Waals surface area (Å²) < 4.78 is 10.9. The van der Waals surface area contributed by atoms with Gasteiger partial charge in [0.2, 0.25) is 6.79 Å². The Morgan fingerprint density at radius 3 is 2.68 bits per heavy atom. The van der Waals surface area contributed by atoms with Gasteiger partial charge in [0.25, 0.3) is 0 Å². The smallest absolute Gasteiger partial charge is 0.231 e. The molecule has 4 rings (SSSR count). The van der Waals surface area contributed by atoms with E-state index in [2.05, 4.69) is 11.9 Å². The molecule has 1 aliphatic carbocycles. The third-order valence-electron chi connectivity index (χ3n) is 5.19. The SMILES string of the molecule is CCCCC1CCC(c2nc3cc4c(cc3[nH]2)OCO4)CC1. The number of aromatic amines is 1. The standard InChI is InChI=1S/C18H24N2O2/c1-2-3-4-12-5-7-13(8-6-12)18-19-14-9-16-17(22-11-21-16)10-15(14)20-18/h9-10,12-13H,2-8,11H2,1H3,(H,19,20). The Morgan fingerprint density at radius 2 is 1.91 bits per heavy atom. The molecule has 2 aliphatic rings. The number of unbranched alkanes of at least 4 members (excludes halogenated alkanes) is 1. The van der Waals surface area contributed by atoms with Crippen LogP contribution in [0, 0.1) is 5.92 Å². The maximum absolute atomic E-state index is 5.44. The molecule has 0 radical (unpaired) electrons. The zero-order valence-corrected chi connectivity index (χ0v) is 13.2. The van der Waals surface area contributed by atoms with Crippen molar-refractivity contribution < 1.29 is 9.47 Å². The number of imidazole rings is 1. The van der Waals surface area contributed by atoms with Gasteiger partial charge in [-0.05, 0) is 31.6 Å². The fourth-order valence-electron chi connectivity index (χ4n) is 3.83. The van der Waals surface area contributed by atoms with E-state index in [1.54, 1.807) is 0 Å². The summed E-state index contributed by atoms with van der Waals surface area (Å²) >= 11 is 0. The first-order valence-electron chi connectivity index (χ1n) is 8.62. The van der Waals surface area contributed by atoms with Gasteiger partial charge in [0.05, 0.1) is 11.0 Å². The van der Waals surface area contributed by atoms with Gasteiger partial charge < -0.3 is 14.5 Å². The van der Waals surface area contributed by atoms with Gasteiger partial charge in [-0.25, -0.2) is 4.98 Å². The molecule has 4 nitrogen and oxygen atoms in total. The first-order chi connectivity index (χ1) is 10.8. The van der Waals surface area contributed by atoms with Crippen LogP contribution in [0.3, 0.4) is 0 Å². The van der Waals surface area contributed by atoms with E-state index in [9.17, 15) is 0 Å². The van der Waals surface area contributed by atoms with Gasteiger partial charge in [-0.1, -0.05) is 26.2 Å². The predicted molar refractivity (Wildman–Crippen MR) is 86.4 cm³/mol. The van der Waals surface area contributed by atoms with Crippen LogP contribution in [0.4, 0.5) is 0 Å². The molecule has 1 saturated carbocycles. The third kappa shape index (κ3) is 2.55. The summed E-state index contributed by atoms with van der Waals surface area (Å²) in [6.45, 7) is 2.60. The molecular formula is C18H24N2O2. The molecule has 0 bridgehead atoms. The Hall–Kier alpha value is -1.71. The second-order valence-corrected chi connectivity index (χ2v) is 6.70. The van der Waals surface area contributed by atoms with Crippen molar-refractivity contribution in [3.8, 4) is 11.5 Å². The van der Waals surface area contributed by atoms with Crippen LogP contribution >= 0.6 is 0 Å². The number of nitrogens with one attached hydrogen (secondary N) is 1. The van der Waals surface area contributed by atoms with Gasteiger partial charge in [0.15, 0.2) is 11.5 Å². The van der Waals surface area contributed by atoms with Gasteiger partial charge in [-0.15, -0.1) is 0 Å². The topological polar surface area (TPSA) is 47.1 Å². The number of hydrogen-bond acceptors (Lipinski definition) is 3. The van der Waals surface area contributed by atoms with E-state index in [1.807, 2.05) is 12.1 Å². The number of aromatic nitrogens is 2. The van der Waals surface area contributed by atoms with E-state index in [-0.39, 0.29) is 0 Å². The highest BCUT2D eigenvalue weighted by atomic mass is 16.7. The lowest BCUT2D eigenvalue weighted by atomic mass is 9.79. The van der Waals surface area contributed by atoms with Crippen molar-refractivity contribution in [2.24, 2.45) is 5.92 Å². The van der Waals surface area contributed by atoms with Crippen LogP contribution in [-0.4, -0.2) is 16.8 Å². The Labute approximate surface area is 131 Å². The number of fused-ring (bicyclic) bond motifs is 2. The van der Waals surface area contributed by atoms with Crippen molar-refractivity contribution in [2.75, 3.05) is 6.79 Å². The van der Waals surface area contributed by atoms with Gasteiger partial charge in [0, 0.05) is 18.1 Å². The molecule has 0 unspecified atom stereocenters. The van der Waals surface area contributed by atoms with Gasteiger partial charge in [-0.2, -0.15) is 0 Å². The van der Waals surface area contributed by atoms with Crippen molar-refractivity contribution >= 4 is 11.0 Å². The van der Waals surface area contributed by atoms with E-state index >= 15 is 0 Å². The molecule has 0 amide bonds. The molecule has 1 aliphatic heterocycles. The van der Waals surface area contributed by atoms with E-state index in [0.717, 1.165) is 34.3 Å². The highest BCUT2D eigenvalue weighted by Gasteiger charge is 2.25. The van der Waals surface area contributed by atoms with Crippen molar-refractivity contribution in [3.05, 3.63) is 18.0 Å². The minimum atomic E-state index is 0.316. The van der Waals surface area contributed by atoms with Crippen LogP contribution in [0.5, 0.6) is 11.5 Å². The number of benzene rings is 1. The van der Waals surface area contributed by atoms with Crippen molar-refractivity contribution in [3.63, 3.8) is 0 Å².